The smallest absolute Gasteiger partial charge is 0.230 e. The van der Waals surface area contributed by atoms with Crippen LogP contribution in [0.3, 0.4) is 0 Å². The molecule has 0 radical (unpaired) electrons. The first kappa shape index (κ1) is 10.9. The Morgan fingerprint density at radius 1 is 1.38 bits per heavy atom. The van der Waals surface area contributed by atoms with E-state index in [2.05, 4.69) is 11.4 Å². The molecule has 1 N–H and O–H groups in total. The number of nitrogens with one attached hydrogen (secondary N) is 1. The van der Waals surface area contributed by atoms with Crippen LogP contribution in [0.5, 0.6) is 0 Å². The monoisotopic (exact) mass is 217 g/mol. The third-order valence-electron chi connectivity index (χ3n) is 2.92. The van der Waals surface area contributed by atoms with Crippen LogP contribution in [0.2, 0.25) is 0 Å². The first-order valence-corrected chi connectivity index (χ1v) is 5.54. The largest absolute Gasteiger partial charge is 0.296 e. The second kappa shape index (κ2) is 4.47. The van der Waals surface area contributed by atoms with Crippen molar-refractivity contribution in [2.75, 3.05) is 0 Å². The standard InChI is InChI=1S/C13H15NO2/c1-9-3-2-4-10(7-9)8-11-5-6-12(15)14-13(11)16/h2-4,7,11H,5-6,8H2,1H3,(H,14,15,16). The fourth-order valence-corrected chi connectivity index (χ4v) is 2.06. The second-order valence-electron chi connectivity index (χ2n) is 4.34. The summed E-state index contributed by atoms with van der Waals surface area (Å²) in [7, 11) is 0. The van der Waals surface area contributed by atoms with Crippen LogP contribution >= 0.6 is 0 Å². The van der Waals surface area contributed by atoms with Crippen molar-refractivity contribution >= 4 is 11.8 Å². The highest BCUT2D eigenvalue weighted by Gasteiger charge is 2.26. The molecule has 0 spiro atoms. The number of carbonyl (C=O) groups excluding carboxylic acids is 2. The van der Waals surface area contributed by atoms with Gasteiger partial charge < -0.3 is 0 Å². The molecule has 1 aliphatic heterocycles. The highest BCUT2D eigenvalue weighted by Crippen LogP contribution is 2.18. The minimum Gasteiger partial charge on any atom is -0.296 e. The Labute approximate surface area is 94.9 Å². The van der Waals surface area contributed by atoms with Crippen molar-refractivity contribution in [1.29, 1.82) is 0 Å². The van der Waals surface area contributed by atoms with E-state index in [1.165, 1.54) is 5.56 Å². The molecule has 1 fully saturated rings. The van der Waals surface area contributed by atoms with Crippen molar-refractivity contribution in [2.24, 2.45) is 5.92 Å². The number of rotatable bonds is 2. The van der Waals surface area contributed by atoms with Crippen LogP contribution in [0.15, 0.2) is 24.3 Å². The maximum Gasteiger partial charge on any atom is 0.230 e. The van der Waals surface area contributed by atoms with Crippen molar-refractivity contribution in [2.45, 2.75) is 26.2 Å². The van der Waals surface area contributed by atoms with Gasteiger partial charge in [0, 0.05) is 12.3 Å². The number of amides is 2. The molecule has 16 heavy (non-hydrogen) atoms. The summed E-state index contributed by atoms with van der Waals surface area (Å²) in [4.78, 5) is 22.6. The molecule has 0 aromatic heterocycles. The number of piperidine rings is 1. The van der Waals surface area contributed by atoms with Crippen molar-refractivity contribution in [3.63, 3.8) is 0 Å². The summed E-state index contributed by atoms with van der Waals surface area (Å²) < 4.78 is 0. The molecule has 84 valence electrons. The van der Waals surface area contributed by atoms with Gasteiger partial charge in [-0.1, -0.05) is 29.8 Å². The Morgan fingerprint density at radius 2 is 2.19 bits per heavy atom. The molecule has 1 atom stereocenters. The molecule has 3 heteroatoms. The van der Waals surface area contributed by atoms with E-state index in [0.29, 0.717) is 12.8 Å². The summed E-state index contributed by atoms with van der Waals surface area (Å²) in [6, 6.07) is 8.14. The summed E-state index contributed by atoms with van der Waals surface area (Å²) in [5, 5.41) is 2.39. The Kier molecular flexibility index (Phi) is 3.04. The molecule has 1 aromatic carbocycles. The van der Waals surface area contributed by atoms with Crippen LogP contribution in [0.4, 0.5) is 0 Å². The van der Waals surface area contributed by atoms with Crippen LogP contribution in [0, 0.1) is 12.8 Å². The molecule has 1 heterocycles. The van der Waals surface area contributed by atoms with Crippen LogP contribution in [0.25, 0.3) is 0 Å². The summed E-state index contributed by atoms with van der Waals surface area (Å²) in [5.74, 6) is -0.331. The predicted octanol–water partition coefficient (Wildman–Crippen LogP) is 1.59. The average Bonchev–Trinajstić information content (AvgIpc) is 2.22. The Morgan fingerprint density at radius 3 is 2.88 bits per heavy atom. The lowest BCUT2D eigenvalue weighted by Crippen LogP contribution is -2.41. The molecule has 0 aliphatic carbocycles. The van der Waals surface area contributed by atoms with Gasteiger partial charge in [-0.3, -0.25) is 14.9 Å². The summed E-state index contributed by atoms with van der Waals surface area (Å²) in [6.45, 7) is 2.04. The van der Waals surface area contributed by atoms with Crippen molar-refractivity contribution in [3.8, 4) is 0 Å². The first-order valence-electron chi connectivity index (χ1n) is 5.54. The lowest BCUT2D eigenvalue weighted by molar-refractivity contribution is -0.136. The Hall–Kier alpha value is -1.64. The quantitative estimate of drug-likeness (QED) is 0.765. The van der Waals surface area contributed by atoms with Crippen molar-refractivity contribution in [3.05, 3.63) is 35.4 Å². The van der Waals surface area contributed by atoms with Gasteiger partial charge in [0.1, 0.15) is 0 Å². The zero-order chi connectivity index (χ0) is 11.5. The number of imide groups is 1. The van der Waals surface area contributed by atoms with E-state index in [9.17, 15) is 9.59 Å². The molecule has 1 saturated heterocycles. The molecule has 1 aromatic rings. The van der Waals surface area contributed by atoms with E-state index in [4.69, 9.17) is 0 Å². The number of hydrogen-bond acceptors (Lipinski definition) is 2. The molecule has 1 unspecified atom stereocenters. The number of carbonyl (C=O) groups is 2. The van der Waals surface area contributed by atoms with Gasteiger partial charge in [0.2, 0.25) is 11.8 Å². The molecule has 1 aliphatic rings. The van der Waals surface area contributed by atoms with Crippen LogP contribution in [-0.4, -0.2) is 11.8 Å². The normalized spacial score (nSPS) is 20.7. The molecule has 3 nitrogen and oxygen atoms in total. The van der Waals surface area contributed by atoms with Gasteiger partial charge >= 0.3 is 0 Å². The Balaban J connectivity index is 2.05. The van der Waals surface area contributed by atoms with E-state index in [1.54, 1.807) is 0 Å². The van der Waals surface area contributed by atoms with Gasteiger partial charge in [0.05, 0.1) is 0 Å². The molecular weight excluding hydrogens is 202 g/mol. The fourth-order valence-electron chi connectivity index (χ4n) is 2.06. The predicted molar refractivity (Wildman–Crippen MR) is 60.8 cm³/mol. The summed E-state index contributed by atoms with van der Waals surface area (Å²) in [5.41, 5.74) is 2.36. The maximum atomic E-state index is 11.6. The molecular formula is C13H15NO2. The fraction of sp³-hybridized carbons (Fsp3) is 0.385. The topological polar surface area (TPSA) is 46.2 Å². The number of benzene rings is 1. The molecule has 2 amide bonds. The minimum absolute atomic E-state index is 0.0560. The third-order valence-corrected chi connectivity index (χ3v) is 2.92. The van der Waals surface area contributed by atoms with Gasteiger partial charge in [-0.2, -0.15) is 0 Å². The summed E-state index contributed by atoms with van der Waals surface area (Å²) >= 11 is 0. The minimum atomic E-state index is -0.148. The van der Waals surface area contributed by atoms with Crippen molar-refractivity contribution in [1.82, 2.24) is 5.32 Å². The van der Waals surface area contributed by atoms with E-state index < -0.39 is 0 Å². The molecule has 2 rings (SSSR count). The van der Waals surface area contributed by atoms with E-state index in [1.807, 2.05) is 25.1 Å². The van der Waals surface area contributed by atoms with Gasteiger partial charge in [-0.15, -0.1) is 0 Å². The zero-order valence-electron chi connectivity index (χ0n) is 9.32. The Bertz CT molecular complexity index is 426. The van der Waals surface area contributed by atoms with E-state index in [-0.39, 0.29) is 17.7 Å². The third kappa shape index (κ3) is 2.48. The highest BCUT2D eigenvalue weighted by molar-refractivity contribution is 5.98. The van der Waals surface area contributed by atoms with E-state index in [0.717, 1.165) is 12.0 Å². The van der Waals surface area contributed by atoms with Gasteiger partial charge in [-0.25, -0.2) is 0 Å². The maximum absolute atomic E-state index is 11.6. The average molecular weight is 217 g/mol. The highest BCUT2D eigenvalue weighted by atomic mass is 16.2. The van der Waals surface area contributed by atoms with E-state index >= 15 is 0 Å². The second-order valence-corrected chi connectivity index (χ2v) is 4.34. The SMILES string of the molecule is Cc1cccc(CC2CCC(=O)NC2=O)c1. The van der Waals surface area contributed by atoms with Gasteiger partial charge in [0.15, 0.2) is 0 Å². The van der Waals surface area contributed by atoms with Crippen LogP contribution in [0.1, 0.15) is 24.0 Å². The number of hydrogen-bond donors (Lipinski definition) is 1. The molecule has 0 saturated carbocycles. The zero-order valence-corrected chi connectivity index (χ0v) is 9.32. The van der Waals surface area contributed by atoms with Crippen molar-refractivity contribution < 1.29 is 9.59 Å². The number of aryl methyl sites for hydroxylation is 1. The lowest BCUT2D eigenvalue weighted by atomic mass is 9.91. The van der Waals surface area contributed by atoms with Crippen LogP contribution < -0.4 is 5.32 Å². The summed E-state index contributed by atoms with van der Waals surface area (Å²) in [6.07, 6.45) is 1.85. The molecule has 0 bridgehead atoms. The first-order chi connectivity index (χ1) is 7.65. The lowest BCUT2D eigenvalue weighted by Gasteiger charge is -2.20. The van der Waals surface area contributed by atoms with Crippen LogP contribution in [-0.2, 0) is 16.0 Å². The van der Waals surface area contributed by atoms with Gasteiger partial charge in [0.25, 0.3) is 0 Å². The van der Waals surface area contributed by atoms with Gasteiger partial charge in [-0.05, 0) is 25.3 Å².